The molecule has 1 N–H and O–H groups in total. The van der Waals surface area contributed by atoms with Crippen molar-refractivity contribution in [2.75, 3.05) is 22.4 Å². The van der Waals surface area contributed by atoms with E-state index in [4.69, 9.17) is 11.6 Å². The first-order valence-electron chi connectivity index (χ1n) is 7.85. The van der Waals surface area contributed by atoms with Crippen LogP contribution in [0.2, 0.25) is 5.02 Å². The smallest absolute Gasteiger partial charge is 0.232 e. The molecule has 0 aliphatic heterocycles. The summed E-state index contributed by atoms with van der Waals surface area (Å²) in [7, 11) is -3.41. The number of amides is 1. The van der Waals surface area contributed by atoms with Gasteiger partial charge < -0.3 is 5.32 Å². The van der Waals surface area contributed by atoms with Crippen molar-refractivity contribution in [3.8, 4) is 0 Å². The molecule has 25 heavy (non-hydrogen) atoms. The number of nitrogens with one attached hydrogen (secondary N) is 1. The molecule has 7 heteroatoms. The van der Waals surface area contributed by atoms with Crippen molar-refractivity contribution in [2.24, 2.45) is 0 Å². The number of benzene rings is 2. The first-order valence-corrected chi connectivity index (χ1v) is 10.1. The Hall–Kier alpha value is -2.05. The van der Waals surface area contributed by atoms with Gasteiger partial charge in [0.15, 0.2) is 0 Å². The first-order chi connectivity index (χ1) is 11.8. The number of halogens is 1. The number of nitrogens with zero attached hydrogens (tertiary/aromatic N) is 1. The molecule has 0 saturated heterocycles. The van der Waals surface area contributed by atoms with Gasteiger partial charge in [-0.1, -0.05) is 29.3 Å². The third-order valence-corrected chi connectivity index (χ3v) is 5.06. The highest BCUT2D eigenvalue weighted by atomic mass is 35.5. The summed E-state index contributed by atoms with van der Waals surface area (Å²) in [5.74, 6) is -0.167. The molecule has 0 aromatic heterocycles. The predicted molar refractivity (Wildman–Crippen MR) is 103 cm³/mol. The summed E-state index contributed by atoms with van der Waals surface area (Å²) in [6, 6.07) is 14.1. The van der Waals surface area contributed by atoms with Crippen LogP contribution in [0.5, 0.6) is 0 Å². The van der Waals surface area contributed by atoms with Crippen LogP contribution in [0, 0.1) is 6.92 Å². The Morgan fingerprint density at radius 2 is 1.68 bits per heavy atom. The van der Waals surface area contributed by atoms with Gasteiger partial charge in [-0.3, -0.25) is 9.10 Å². The zero-order chi connectivity index (χ0) is 18.4. The molecule has 0 radical (unpaired) electrons. The summed E-state index contributed by atoms with van der Waals surface area (Å²) in [6.45, 7) is 2.19. The molecule has 1 amide bonds. The van der Waals surface area contributed by atoms with Crippen LogP contribution in [-0.4, -0.2) is 27.1 Å². The Balaban J connectivity index is 1.93. The van der Waals surface area contributed by atoms with Crippen LogP contribution >= 0.6 is 11.6 Å². The topological polar surface area (TPSA) is 66.5 Å². The minimum absolute atomic E-state index is 0.167. The summed E-state index contributed by atoms with van der Waals surface area (Å²) in [4.78, 5) is 12.0. The Kier molecular flexibility index (Phi) is 6.45. The normalized spacial score (nSPS) is 11.2. The number of sulfonamides is 1. The van der Waals surface area contributed by atoms with E-state index in [-0.39, 0.29) is 18.9 Å². The Bertz CT molecular complexity index is 818. The maximum Gasteiger partial charge on any atom is 0.232 e. The highest BCUT2D eigenvalue weighted by Crippen LogP contribution is 2.19. The molecule has 0 atom stereocenters. The molecule has 0 saturated carbocycles. The monoisotopic (exact) mass is 380 g/mol. The van der Waals surface area contributed by atoms with Gasteiger partial charge in [-0.2, -0.15) is 0 Å². The lowest BCUT2D eigenvalue weighted by molar-refractivity contribution is -0.116. The molecule has 2 aromatic rings. The molecule has 5 nitrogen and oxygen atoms in total. The van der Waals surface area contributed by atoms with Crippen LogP contribution < -0.4 is 9.62 Å². The number of hydrogen-bond donors (Lipinski definition) is 1. The van der Waals surface area contributed by atoms with Gasteiger partial charge in [-0.25, -0.2) is 8.42 Å². The van der Waals surface area contributed by atoms with E-state index in [0.29, 0.717) is 22.8 Å². The zero-order valence-electron chi connectivity index (χ0n) is 14.2. The van der Waals surface area contributed by atoms with Crippen molar-refractivity contribution in [3.05, 3.63) is 59.1 Å². The second-order valence-electron chi connectivity index (χ2n) is 5.83. The lowest BCUT2D eigenvalue weighted by Gasteiger charge is -2.22. The number of anilines is 2. The standard InChI is InChI=1S/C18H21ClN2O3S/c1-14-5-11-17(12-6-14)21(25(2,23)24)13-3-4-18(22)20-16-9-7-15(19)8-10-16/h5-12H,3-4,13H2,1-2H3,(H,20,22). The van der Waals surface area contributed by atoms with Crippen LogP contribution in [0.25, 0.3) is 0 Å². The largest absolute Gasteiger partial charge is 0.326 e. The molecule has 134 valence electrons. The minimum Gasteiger partial charge on any atom is -0.326 e. The molecular weight excluding hydrogens is 360 g/mol. The van der Waals surface area contributed by atoms with Crippen molar-refractivity contribution in [1.29, 1.82) is 0 Å². The quantitative estimate of drug-likeness (QED) is 0.793. The van der Waals surface area contributed by atoms with Crippen molar-refractivity contribution in [1.82, 2.24) is 0 Å². The van der Waals surface area contributed by atoms with E-state index in [1.165, 1.54) is 10.6 Å². The van der Waals surface area contributed by atoms with Gasteiger partial charge in [0.25, 0.3) is 0 Å². The van der Waals surface area contributed by atoms with Crippen LogP contribution in [0.3, 0.4) is 0 Å². The van der Waals surface area contributed by atoms with Crippen LogP contribution in [0.15, 0.2) is 48.5 Å². The van der Waals surface area contributed by atoms with E-state index < -0.39 is 10.0 Å². The Morgan fingerprint density at radius 1 is 1.08 bits per heavy atom. The van der Waals surface area contributed by atoms with E-state index in [9.17, 15) is 13.2 Å². The predicted octanol–water partition coefficient (Wildman–Crippen LogP) is 3.83. The summed E-state index contributed by atoms with van der Waals surface area (Å²) in [5.41, 5.74) is 2.32. The molecule has 0 aliphatic carbocycles. The first kappa shape index (κ1) is 19.3. The number of hydrogen-bond acceptors (Lipinski definition) is 3. The van der Waals surface area contributed by atoms with Crippen LogP contribution in [0.4, 0.5) is 11.4 Å². The summed E-state index contributed by atoms with van der Waals surface area (Å²) in [6.07, 6.45) is 1.81. The highest BCUT2D eigenvalue weighted by molar-refractivity contribution is 7.92. The summed E-state index contributed by atoms with van der Waals surface area (Å²) < 4.78 is 25.4. The van der Waals surface area contributed by atoms with Gasteiger partial charge in [0, 0.05) is 23.7 Å². The second-order valence-corrected chi connectivity index (χ2v) is 8.17. The van der Waals surface area contributed by atoms with Crippen LogP contribution in [-0.2, 0) is 14.8 Å². The van der Waals surface area contributed by atoms with Gasteiger partial charge in [-0.05, 0) is 49.7 Å². The maximum atomic E-state index is 12.0. The molecule has 0 bridgehead atoms. The zero-order valence-corrected chi connectivity index (χ0v) is 15.8. The molecule has 2 rings (SSSR count). The van der Waals surface area contributed by atoms with E-state index >= 15 is 0 Å². The fourth-order valence-electron chi connectivity index (χ4n) is 2.34. The minimum atomic E-state index is -3.41. The molecule has 0 aliphatic rings. The maximum absolute atomic E-state index is 12.0. The molecular formula is C18H21ClN2O3S. The molecule has 0 fully saturated rings. The van der Waals surface area contributed by atoms with E-state index in [0.717, 1.165) is 5.56 Å². The average molecular weight is 381 g/mol. The Morgan fingerprint density at radius 3 is 2.24 bits per heavy atom. The van der Waals surface area contributed by atoms with Crippen molar-refractivity contribution >= 4 is 38.9 Å². The Labute approximate surface area is 153 Å². The molecule has 0 heterocycles. The van der Waals surface area contributed by atoms with E-state index in [2.05, 4.69) is 5.32 Å². The van der Waals surface area contributed by atoms with Gasteiger partial charge in [0.05, 0.1) is 11.9 Å². The van der Waals surface area contributed by atoms with Crippen LogP contribution in [0.1, 0.15) is 18.4 Å². The molecule has 0 spiro atoms. The fourth-order valence-corrected chi connectivity index (χ4v) is 3.43. The van der Waals surface area contributed by atoms with Crippen molar-refractivity contribution in [3.63, 3.8) is 0 Å². The van der Waals surface area contributed by atoms with E-state index in [1.807, 2.05) is 19.1 Å². The number of aryl methyl sites for hydroxylation is 1. The van der Waals surface area contributed by atoms with Gasteiger partial charge >= 0.3 is 0 Å². The molecule has 2 aromatic carbocycles. The average Bonchev–Trinajstić information content (AvgIpc) is 2.54. The summed E-state index contributed by atoms with van der Waals surface area (Å²) in [5, 5.41) is 3.36. The van der Waals surface area contributed by atoms with E-state index in [1.54, 1.807) is 36.4 Å². The number of carbonyl (C=O) groups excluding carboxylic acids is 1. The van der Waals surface area contributed by atoms with Crippen molar-refractivity contribution < 1.29 is 13.2 Å². The number of rotatable bonds is 7. The lowest BCUT2D eigenvalue weighted by Crippen LogP contribution is -2.31. The lowest BCUT2D eigenvalue weighted by atomic mass is 10.2. The van der Waals surface area contributed by atoms with Gasteiger partial charge in [-0.15, -0.1) is 0 Å². The highest BCUT2D eigenvalue weighted by Gasteiger charge is 2.17. The van der Waals surface area contributed by atoms with Gasteiger partial charge in [0.1, 0.15) is 0 Å². The molecule has 0 unspecified atom stereocenters. The third kappa shape index (κ3) is 6.07. The second kappa shape index (κ2) is 8.36. The van der Waals surface area contributed by atoms with Gasteiger partial charge in [0.2, 0.25) is 15.9 Å². The summed E-state index contributed by atoms with van der Waals surface area (Å²) >= 11 is 5.80. The fraction of sp³-hybridized carbons (Fsp3) is 0.278. The SMILES string of the molecule is Cc1ccc(N(CCCC(=O)Nc2ccc(Cl)cc2)S(C)(=O)=O)cc1. The number of carbonyl (C=O) groups is 1. The van der Waals surface area contributed by atoms with Crippen molar-refractivity contribution in [2.45, 2.75) is 19.8 Å². The third-order valence-electron chi connectivity index (χ3n) is 3.62.